The van der Waals surface area contributed by atoms with E-state index in [0.29, 0.717) is 6.54 Å². The number of rotatable bonds is 9. The van der Waals surface area contributed by atoms with Crippen LogP contribution < -0.4 is 21.3 Å². The normalized spacial score (nSPS) is 14.3. The molecule has 0 aromatic carbocycles. The largest absolute Gasteiger partial charge is 0.444 e. The highest BCUT2D eigenvalue weighted by Gasteiger charge is 2.25. The van der Waals surface area contributed by atoms with E-state index in [-0.39, 0.29) is 5.91 Å². The van der Waals surface area contributed by atoms with Gasteiger partial charge in [-0.05, 0) is 48.0 Å². The Balaban J connectivity index is 4.42. The van der Waals surface area contributed by atoms with Gasteiger partial charge in [0, 0.05) is 6.54 Å². The number of carbonyl (C=O) groups excluding carboxylic acids is 4. The van der Waals surface area contributed by atoms with E-state index in [9.17, 15) is 19.2 Å². The van der Waals surface area contributed by atoms with Crippen molar-refractivity contribution in [2.45, 2.75) is 78.0 Å². The zero-order valence-electron chi connectivity index (χ0n) is 17.4. The van der Waals surface area contributed by atoms with E-state index in [4.69, 9.17) is 4.74 Å². The van der Waals surface area contributed by atoms with Crippen LogP contribution in [0.1, 0.15) is 48.0 Å². The quantitative estimate of drug-likeness (QED) is 0.314. The van der Waals surface area contributed by atoms with Gasteiger partial charge in [0.2, 0.25) is 17.7 Å². The fraction of sp³-hybridized carbons (Fsp3) is 0.765. The summed E-state index contributed by atoms with van der Waals surface area (Å²) in [5.74, 6) is -1.31. The lowest BCUT2D eigenvalue weighted by atomic mass is 10.0. The lowest BCUT2D eigenvalue weighted by Gasteiger charge is -2.23. The fourth-order valence-corrected chi connectivity index (χ4v) is 1.90. The van der Waals surface area contributed by atoms with Crippen molar-refractivity contribution in [1.82, 2.24) is 21.3 Å². The second kappa shape index (κ2) is 11.5. The third-order valence-electron chi connectivity index (χ3n) is 3.46. The van der Waals surface area contributed by atoms with Gasteiger partial charge in [-0.1, -0.05) is 6.32 Å². The number of nitrogens with one attached hydrogen (secondary N) is 4. The van der Waals surface area contributed by atoms with Crippen molar-refractivity contribution >= 4 is 31.7 Å². The summed E-state index contributed by atoms with van der Waals surface area (Å²) >= 11 is 0. The van der Waals surface area contributed by atoms with E-state index >= 15 is 0 Å². The highest BCUT2D eigenvalue weighted by molar-refractivity contribution is 6.08. The van der Waals surface area contributed by atoms with Crippen molar-refractivity contribution in [1.29, 1.82) is 0 Å². The summed E-state index contributed by atoms with van der Waals surface area (Å²) < 4.78 is 5.08. The van der Waals surface area contributed by atoms with Gasteiger partial charge in [-0.25, -0.2) is 4.79 Å². The minimum atomic E-state index is -0.884. The maximum Gasteiger partial charge on any atom is 0.408 e. The molecule has 4 amide bonds. The number of carbonyl (C=O) groups is 4. The molecule has 0 aliphatic carbocycles. The third kappa shape index (κ3) is 11.1. The third-order valence-corrected chi connectivity index (χ3v) is 3.46. The van der Waals surface area contributed by atoms with E-state index in [2.05, 4.69) is 21.3 Å². The molecule has 0 unspecified atom stereocenters. The molecule has 0 rings (SSSR count). The van der Waals surface area contributed by atoms with Gasteiger partial charge in [0.25, 0.3) is 0 Å². The van der Waals surface area contributed by atoms with Gasteiger partial charge in [-0.2, -0.15) is 0 Å². The Labute approximate surface area is 162 Å². The molecular weight excluding hydrogens is 351 g/mol. The molecule has 9 nitrogen and oxygen atoms in total. The van der Waals surface area contributed by atoms with Crippen LogP contribution >= 0.6 is 0 Å². The Morgan fingerprint density at radius 1 is 0.852 bits per heavy atom. The predicted octanol–water partition coefficient (Wildman–Crippen LogP) is -0.533. The van der Waals surface area contributed by atoms with Crippen molar-refractivity contribution in [3.05, 3.63) is 0 Å². The highest BCUT2D eigenvalue weighted by atomic mass is 16.6. The average molecular weight is 384 g/mol. The van der Waals surface area contributed by atoms with Gasteiger partial charge in [-0.3, -0.25) is 14.4 Å². The van der Waals surface area contributed by atoms with Crippen LogP contribution in [0.3, 0.4) is 0 Å². The molecule has 0 spiro atoms. The second-order valence-corrected chi connectivity index (χ2v) is 7.47. The molecule has 0 saturated carbocycles. The molecule has 0 heterocycles. The average Bonchev–Trinajstić information content (AvgIpc) is 2.52. The Morgan fingerprint density at radius 3 is 1.74 bits per heavy atom. The second-order valence-electron chi connectivity index (χ2n) is 7.47. The molecular formula is C17H33BN4O5. The van der Waals surface area contributed by atoms with Crippen LogP contribution in [-0.2, 0) is 19.1 Å². The number of amides is 4. The molecule has 0 fully saturated rings. The van der Waals surface area contributed by atoms with Gasteiger partial charge in [0.15, 0.2) is 0 Å². The summed E-state index contributed by atoms with van der Waals surface area (Å²) in [6.45, 7) is 10.2. The topological polar surface area (TPSA) is 126 Å². The van der Waals surface area contributed by atoms with Crippen molar-refractivity contribution < 1.29 is 23.9 Å². The fourth-order valence-electron chi connectivity index (χ4n) is 1.90. The molecule has 0 bridgehead atoms. The van der Waals surface area contributed by atoms with E-state index in [1.165, 1.54) is 13.8 Å². The summed E-state index contributed by atoms with van der Waals surface area (Å²) in [5, 5.41) is 10.2. The molecule has 4 N–H and O–H groups in total. The van der Waals surface area contributed by atoms with Crippen LogP contribution in [0.2, 0.25) is 6.32 Å². The van der Waals surface area contributed by atoms with Gasteiger partial charge >= 0.3 is 6.09 Å². The monoisotopic (exact) mass is 384 g/mol. The SMILES string of the molecule is BCCCNC(=O)[C@H](C)NC(=O)[C@H](C)NC(=O)[C@H](C)NC(=O)OC(C)(C)C. The number of hydrogen-bond donors (Lipinski definition) is 4. The summed E-state index contributed by atoms with van der Waals surface area (Å²) in [6, 6.07) is -2.47. The van der Waals surface area contributed by atoms with Crippen LogP contribution in [0.5, 0.6) is 0 Å². The van der Waals surface area contributed by atoms with Crippen LogP contribution in [0, 0.1) is 0 Å². The Morgan fingerprint density at radius 2 is 1.30 bits per heavy atom. The van der Waals surface area contributed by atoms with Crippen molar-refractivity contribution in [2.24, 2.45) is 0 Å². The Kier molecular flexibility index (Phi) is 10.5. The smallest absolute Gasteiger partial charge is 0.408 e. The van der Waals surface area contributed by atoms with Gasteiger partial charge in [0.1, 0.15) is 31.6 Å². The molecule has 3 atom stereocenters. The molecule has 0 saturated heterocycles. The van der Waals surface area contributed by atoms with E-state index in [1.807, 2.05) is 7.85 Å². The minimum absolute atomic E-state index is 0.282. The predicted molar refractivity (Wildman–Crippen MR) is 105 cm³/mol. The first kappa shape index (κ1) is 24.7. The van der Waals surface area contributed by atoms with E-state index < -0.39 is 41.6 Å². The lowest BCUT2D eigenvalue weighted by Crippen LogP contribution is -2.54. The van der Waals surface area contributed by atoms with Crippen molar-refractivity contribution in [3.8, 4) is 0 Å². The van der Waals surface area contributed by atoms with Gasteiger partial charge in [-0.15, -0.1) is 0 Å². The lowest BCUT2D eigenvalue weighted by molar-refractivity contribution is -0.131. The molecule has 10 heteroatoms. The van der Waals surface area contributed by atoms with Gasteiger partial charge in [0.05, 0.1) is 0 Å². The first-order valence-corrected chi connectivity index (χ1v) is 9.25. The van der Waals surface area contributed by atoms with E-state index in [1.54, 1.807) is 27.7 Å². The zero-order chi connectivity index (χ0) is 21.2. The summed E-state index contributed by atoms with van der Waals surface area (Å²) in [5.41, 5.74) is -0.679. The van der Waals surface area contributed by atoms with Crippen LogP contribution in [0.15, 0.2) is 0 Å². The Bertz CT molecular complexity index is 536. The maximum absolute atomic E-state index is 12.1. The summed E-state index contributed by atoms with van der Waals surface area (Å²) in [7, 11) is 2.01. The molecule has 0 aromatic rings. The summed E-state index contributed by atoms with van der Waals surface area (Å²) in [4.78, 5) is 47.8. The molecule has 0 aromatic heterocycles. The molecule has 154 valence electrons. The summed E-state index contributed by atoms with van der Waals surface area (Å²) in [6.07, 6.45) is 1.10. The number of hydrogen-bond acceptors (Lipinski definition) is 5. The number of ether oxygens (including phenoxy) is 1. The van der Waals surface area contributed by atoms with E-state index in [0.717, 1.165) is 12.7 Å². The van der Waals surface area contributed by atoms with Crippen LogP contribution in [0.25, 0.3) is 0 Å². The molecule has 0 aliphatic rings. The van der Waals surface area contributed by atoms with Gasteiger partial charge < -0.3 is 26.0 Å². The highest BCUT2D eigenvalue weighted by Crippen LogP contribution is 2.06. The van der Waals surface area contributed by atoms with Crippen molar-refractivity contribution in [3.63, 3.8) is 0 Å². The molecule has 0 radical (unpaired) electrons. The Hall–Kier alpha value is -2.26. The first-order chi connectivity index (χ1) is 12.4. The maximum atomic E-state index is 12.1. The molecule has 27 heavy (non-hydrogen) atoms. The minimum Gasteiger partial charge on any atom is -0.444 e. The standard InChI is InChI=1S/C17H33BN4O5/c1-10(13(23)19-9-7-8-18)20-14(24)11(2)21-15(25)12(3)22-16(26)27-17(4,5)6/h10-12H,7-9,18H2,1-6H3,(H,19,23)(H,20,24)(H,21,25)(H,22,26)/t10-,11-,12-/m0/s1. The zero-order valence-corrected chi connectivity index (χ0v) is 17.4. The van der Waals surface area contributed by atoms with Crippen LogP contribution in [-0.4, -0.2) is 61.9 Å². The van der Waals surface area contributed by atoms with Crippen molar-refractivity contribution in [2.75, 3.05) is 6.54 Å². The molecule has 0 aliphatic heterocycles. The van der Waals surface area contributed by atoms with Crippen LogP contribution in [0.4, 0.5) is 4.79 Å². The number of alkyl carbamates (subject to hydrolysis) is 1. The first-order valence-electron chi connectivity index (χ1n) is 9.25.